The molecule has 2 aromatic carbocycles. The minimum absolute atomic E-state index is 0.0240. The standard InChI is InChI=1S/C17H14FNO2/c1-12(20)14-5-9-16(10-6-14)19-17(21)11-4-13-2-7-15(18)8-3-13/h2-11H,1H3,(H,19,21)/b11-4+. The Bertz CT molecular complexity index is 673. The second-order valence-corrected chi connectivity index (χ2v) is 4.51. The molecule has 3 nitrogen and oxygen atoms in total. The van der Waals surface area contributed by atoms with E-state index in [1.165, 1.54) is 25.1 Å². The second kappa shape index (κ2) is 6.61. The van der Waals surface area contributed by atoms with Crippen LogP contribution in [0.15, 0.2) is 54.6 Å². The number of carbonyl (C=O) groups is 2. The molecule has 1 N–H and O–H groups in total. The van der Waals surface area contributed by atoms with Gasteiger partial charge in [0, 0.05) is 17.3 Å². The summed E-state index contributed by atoms with van der Waals surface area (Å²) in [5, 5.41) is 2.68. The molecule has 1 amide bonds. The molecule has 2 rings (SSSR count). The van der Waals surface area contributed by atoms with Crippen LogP contribution in [0.1, 0.15) is 22.8 Å². The molecule has 0 aromatic heterocycles. The second-order valence-electron chi connectivity index (χ2n) is 4.51. The first kappa shape index (κ1) is 14.7. The van der Waals surface area contributed by atoms with Gasteiger partial charge in [0.15, 0.2) is 5.78 Å². The maximum absolute atomic E-state index is 12.7. The monoisotopic (exact) mass is 283 g/mol. The first-order chi connectivity index (χ1) is 10.0. The third-order valence-corrected chi connectivity index (χ3v) is 2.86. The molecule has 4 heteroatoms. The van der Waals surface area contributed by atoms with Crippen LogP contribution in [0.4, 0.5) is 10.1 Å². The number of halogens is 1. The molecule has 0 unspecified atom stereocenters. The molecule has 0 aliphatic heterocycles. The van der Waals surface area contributed by atoms with Crippen molar-refractivity contribution in [3.05, 3.63) is 71.6 Å². The van der Waals surface area contributed by atoms with Crippen LogP contribution in [-0.2, 0) is 4.79 Å². The summed E-state index contributed by atoms with van der Waals surface area (Å²) < 4.78 is 12.7. The summed E-state index contributed by atoms with van der Waals surface area (Å²) in [6.07, 6.45) is 2.96. The van der Waals surface area contributed by atoms with Crippen LogP contribution >= 0.6 is 0 Å². The average molecular weight is 283 g/mol. The molecule has 106 valence electrons. The lowest BCUT2D eigenvalue weighted by Crippen LogP contribution is -2.07. The van der Waals surface area contributed by atoms with Crippen molar-refractivity contribution in [2.45, 2.75) is 6.92 Å². The lowest BCUT2D eigenvalue weighted by atomic mass is 10.1. The fourth-order valence-corrected chi connectivity index (χ4v) is 1.72. The Balaban J connectivity index is 1.98. The van der Waals surface area contributed by atoms with Gasteiger partial charge in [0.05, 0.1) is 0 Å². The van der Waals surface area contributed by atoms with Crippen molar-refractivity contribution in [3.8, 4) is 0 Å². The number of nitrogens with one attached hydrogen (secondary N) is 1. The molecule has 0 heterocycles. The summed E-state index contributed by atoms with van der Waals surface area (Å²) in [7, 11) is 0. The number of anilines is 1. The first-order valence-electron chi connectivity index (χ1n) is 6.40. The lowest BCUT2D eigenvalue weighted by Gasteiger charge is -2.02. The Labute approximate surface area is 122 Å². The van der Waals surface area contributed by atoms with Gasteiger partial charge in [-0.2, -0.15) is 0 Å². The maximum Gasteiger partial charge on any atom is 0.248 e. The zero-order chi connectivity index (χ0) is 15.2. The van der Waals surface area contributed by atoms with Gasteiger partial charge in [-0.25, -0.2) is 4.39 Å². The van der Waals surface area contributed by atoms with Gasteiger partial charge in [-0.1, -0.05) is 12.1 Å². The molecule has 0 bridgehead atoms. The number of benzene rings is 2. The number of carbonyl (C=O) groups excluding carboxylic acids is 2. The molecule has 0 saturated carbocycles. The summed E-state index contributed by atoms with van der Waals surface area (Å²) >= 11 is 0. The molecule has 21 heavy (non-hydrogen) atoms. The van der Waals surface area contributed by atoms with Crippen LogP contribution in [0.5, 0.6) is 0 Å². The van der Waals surface area contributed by atoms with Gasteiger partial charge in [0.25, 0.3) is 0 Å². The molecule has 0 atom stereocenters. The molecule has 2 aromatic rings. The van der Waals surface area contributed by atoms with E-state index in [0.29, 0.717) is 11.3 Å². The third-order valence-electron chi connectivity index (χ3n) is 2.86. The highest BCUT2D eigenvalue weighted by Gasteiger charge is 2.01. The minimum Gasteiger partial charge on any atom is -0.323 e. The number of hydrogen-bond donors (Lipinski definition) is 1. The van der Waals surface area contributed by atoms with Crippen LogP contribution in [0.25, 0.3) is 6.08 Å². The van der Waals surface area contributed by atoms with Crippen molar-refractivity contribution in [2.24, 2.45) is 0 Å². The number of amides is 1. The van der Waals surface area contributed by atoms with E-state index in [0.717, 1.165) is 5.56 Å². The van der Waals surface area contributed by atoms with Gasteiger partial charge >= 0.3 is 0 Å². The van der Waals surface area contributed by atoms with Crippen LogP contribution in [-0.4, -0.2) is 11.7 Å². The number of Topliss-reactive ketones (excluding diaryl/α,β-unsaturated/α-hetero) is 1. The van der Waals surface area contributed by atoms with E-state index in [4.69, 9.17) is 0 Å². The summed E-state index contributed by atoms with van der Waals surface area (Å²) in [6, 6.07) is 12.5. The van der Waals surface area contributed by atoms with Crippen molar-refractivity contribution in [2.75, 3.05) is 5.32 Å². The van der Waals surface area contributed by atoms with Gasteiger partial charge in [-0.15, -0.1) is 0 Å². The molecule has 0 spiro atoms. The number of hydrogen-bond acceptors (Lipinski definition) is 2. The van der Waals surface area contributed by atoms with Crippen molar-refractivity contribution in [3.63, 3.8) is 0 Å². The summed E-state index contributed by atoms with van der Waals surface area (Å²) in [4.78, 5) is 22.9. The highest BCUT2D eigenvalue weighted by atomic mass is 19.1. The SMILES string of the molecule is CC(=O)c1ccc(NC(=O)/C=C/c2ccc(F)cc2)cc1. The van der Waals surface area contributed by atoms with E-state index in [-0.39, 0.29) is 17.5 Å². The average Bonchev–Trinajstić information content (AvgIpc) is 2.47. The van der Waals surface area contributed by atoms with E-state index in [2.05, 4.69) is 5.32 Å². The fourth-order valence-electron chi connectivity index (χ4n) is 1.72. The van der Waals surface area contributed by atoms with Crippen molar-refractivity contribution in [1.29, 1.82) is 0 Å². The fraction of sp³-hybridized carbons (Fsp3) is 0.0588. The molecular formula is C17H14FNO2. The van der Waals surface area contributed by atoms with Gasteiger partial charge in [0.2, 0.25) is 5.91 Å². The van der Waals surface area contributed by atoms with Crippen LogP contribution < -0.4 is 5.32 Å². The van der Waals surface area contributed by atoms with Gasteiger partial charge in [-0.05, 0) is 55.0 Å². The molecular weight excluding hydrogens is 269 g/mol. The largest absolute Gasteiger partial charge is 0.323 e. The zero-order valence-corrected chi connectivity index (χ0v) is 11.5. The van der Waals surface area contributed by atoms with Gasteiger partial charge in [0.1, 0.15) is 5.82 Å². The summed E-state index contributed by atoms with van der Waals surface area (Å²) in [5.41, 5.74) is 1.93. The molecule has 0 fully saturated rings. The van der Waals surface area contributed by atoms with E-state index in [1.807, 2.05) is 0 Å². The Hall–Kier alpha value is -2.75. The normalized spacial score (nSPS) is 10.6. The van der Waals surface area contributed by atoms with Crippen molar-refractivity contribution < 1.29 is 14.0 Å². The van der Waals surface area contributed by atoms with Gasteiger partial charge < -0.3 is 5.32 Å². The quantitative estimate of drug-likeness (QED) is 0.687. The lowest BCUT2D eigenvalue weighted by molar-refractivity contribution is -0.111. The Morgan fingerprint density at radius 1 is 1.00 bits per heavy atom. The smallest absolute Gasteiger partial charge is 0.248 e. The van der Waals surface area contributed by atoms with Crippen molar-refractivity contribution in [1.82, 2.24) is 0 Å². The minimum atomic E-state index is -0.317. The maximum atomic E-state index is 12.7. The molecule has 0 aliphatic carbocycles. The zero-order valence-electron chi connectivity index (χ0n) is 11.5. The Morgan fingerprint density at radius 2 is 1.62 bits per heavy atom. The van der Waals surface area contributed by atoms with Crippen LogP contribution in [0, 0.1) is 5.82 Å². The third kappa shape index (κ3) is 4.38. The van der Waals surface area contributed by atoms with E-state index in [9.17, 15) is 14.0 Å². The predicted molar refractivity (Wildman–Crippen MR) is 80.5 cm³/mol. The highest BCUT2D eigenvalue weighted by Crippen LogP contribution is 2.10. The van der Waals surface area contributed by atoms with Crippen molar-refractivity contribution >= 4 is 23.5 Å². The molecule has 0 aliphatic rings. The summed E-state index contributed by atoms with van der Waals surface area (Å²) in [6.45, 7) is 1.49. The summed E-state index contributed by atoms with van der Waals surface area (Å²) in [5.74, 6) is -0.638. The number of ketones is 1. The molecule has 0 saturated heterocycles. The molecule has 0 radical (unpaired) electrons. The Morgan fingerprint density at radius 3 is 2.19 bits per heavy atom. The topological polar surface area (TPSA) is 46.2 Å². The van der Waals surface area contributed by atoms with Gasteiger partial charge in [-0.3, -0.25) is 9.59 Å². The van der Waals surface area contributed by atoms with E-state index >= 15 is 0 Å². The Kier molecular flexibility index (Phi) is 4.61. The van der Waals surface area contributed by atoms with Crippen LogP contribution in [0.2, 0.25) is 0 Å². The highest BCUT2D eigenvalue weighted by molar-refractivity contribution is 6.02. The van der Waals surface area contributed by atoms with E-state index < -0.39 is 0 Å². The number of rotatable bonds is 4. The predicted octanol–water partition coefficient (Wildman–Crippen LogP) is 3.68. The van der Waals surface area contributed by atoms with Crippen LogP contribution in [0.3, 0.4) is 0 Å². The van der Waals surface area contributed by atoms with E-state index in [1.54, 1.807) is 42.5 Å². The first-order valence-corrected chi connectivity index (χ1v) is 6.40.